The van der Waals surface area contributed by atoms with Crippen LogP contribution in [0, 0.1) is 6.57 Å². The van der Waals surface area contributed by atoms with Crippen LogP contribution in [0.3, 0.4) is 0 Å². The second-order valence-electron chi connectivity index (χ2n) is 1.17. The molecule has 1 aromatic heterocycles. The Hall–Kier alpha value is -1.23. The fourth-order valence-electron chi connectivity index (χ4n) is 0.390. The summed E-state index contributed by atoms with van der Waals surface area (Å²) in [5.41, 5.74) is 0. The highest BCUT2D eigenvalue weighted by molar-refractivity contribution is 5.34. The van der Waals surface area contributed by atoms with Gasteiger partial charge in [0.2, 0.25) is 5.82 Å². The van der Waals surface area contributed by atoms with Gasteiger partial charge in [-0.2, -0.15) is 0 Å². The lowest BCUT2D eigenvalue weighted by Gasteiger charge is -1.71. The van der Waals surface area contributed by atoms with E-state index in [0.717, 1.165) is 0 Å². The molecule has 1 rings (SSSR count). The Labute approximate surface area is 41.6 Å². The highest BCUT2D eigenvalue weighted by atomic mass is 14.9. The van der Waals surface area contributed by atoms with E-state index in [1.165, 1.54) is 0 Å². The van der Waals surface area contributed by atoms with Gasteiger partial charge in [0.15, 0.2) is 0 Å². The zero-order chi connectivity index (χ0) is 5.11. The number of rotatable bonds is 0. The molecule has 0 saturated carbocycles. The van der Waals surface area contributed by atoms with Gasteiger partial charge in [0.05, 0.1) is 6.20 Å². The van der Waals surface area contributed by atoms with Gasteiger partial charge in [-0.05, 0) is 12.1 Å². The average Bonchev–Trinajstić information content (AvgIpc) is 2.14. The van der Waals surface area contributed by atoms with Crippen LogP contribution in [0.15, 0.2) is 18.3 Å². The molecule has 7 heavy (non-hydrogen) atoms. The van der Waals surface area contributed by atoms with E-state index in [2.05, 4.69) is 9.83 Å². The molecule has 0 amide bonds. The third-order valence-electron chi connectivity index (χ3n) is 0.702. The van der Waals surface area contributed by atoms with E-state index in [-0.39, 0.29) is 0 Å². The van der Waals surface area contributed by atoms with E-state index in [4.69, 9.17) is 6.57 Å². The third kappa shape index (κ3) is 0.606. The van der Waals surface area contributed by atoms with E-state index >= 15 is 0 Å². The maximum atomic E-state index is 6.45. The SMILES string of the molecule is [C-]#[N+]c1ccc[nH]1. The van der Waals surface area contributed by atoms with Crippen molar-refractivity contribution in [1.29, 1.82) is 0 Å². The maximum Gasteiger partial charge on any atom is 0.228 e. The lowest BCUT2D eigenvalue weighted by atomic mass is 10.6. The molecule has 0 saturated heterocycles. The van der Waals surface area contributed by atoms with Gasteiger partial charge in [-0.25, -0.2) is 0 Å². The zero-order valence-electron chi connectivity index (χ0n) is 3.68. The van der Waals surface area contributed by atoms with Gasteiger partial charge in [0, 0.05) is 0 Å². The monoisotopic (exact) mass is 92.0 g/mol. The predicted molar refractivity (Wildman–Crippen MR) is 27.1 cm³/mol. The lowest BCUT2D eigenvalue weighted by Crippen LogP contribution is -1.48. The molecule has 2 nitrogen and oxygen atoms in total. The minimum absolute atomic E-state index is 0.597. The van der Waals surface area contributed by atoms with E-state index in [9.17, 15) is 0 Å². The molecule has 1 aromatic rings. The molecule has 0 aliphatic carbocycles. The Kier molecular flexibility index (Phi) is 0.833. The van der Waals surface area contributed by atoms with Crippen molar-refractivity contribution in [3.63, 3.8) is 0 Å². The summed E-state index contributed by atoms with van der Waals surface area (Å²) in [5, 5.41) is 0. The first-order valence-corrected chi connectivity index (χ1v) is 1.94. The van der Waals surface area contributed by atoms with Crippen LogP contribution >= 0.6 is 0 Å². The molecule has 0 bridgehead atoms. The van der Waals surface area contributed by atoms with Crippen molar-refractivity contribution in [3.05, 3.63) is 29.7 Å². The van der Waals surface area contributed by atoms with Crippen LogP contribution < -0.4 is 0 Å². The normalized spacial score (nSPS) is 7.86. The van der Waals surface area contributed by atoms with E-state index in [1.54, 1.807) is 18.3 Å². The third-order valence-corrected chi connectivity index (χ3v) is 0.702. The predicted octanol–water partition coefficient (Wildman–Crippen LogP) is 1.57. The molecule has 34 valence electrons. The molecular weight excluding hydrogens is 88.1 g/mol. The van der Waals surface area contributed by atoms with Gasteiger partial charge in [0.1, 0.15) is 0 Å². The van der Waals surface area contributed by atoms with Crippen LogP contribution in [-0.2, 0) is 0 Å². The number of aromatic amines is 1. The first-order valence-electron chi connectivity index (χ1n) is 1.94. The fraction of sp³-hybridized carbons (Fsp3) is 0. The summed E-state index contributed by atoms with van der Waals surface area (Å²) in [6.07, 6.45) is 1.73. The zero-order valence-corrected chi connectivity index (χ0v) is 3.68. The van der Waals surface area contributed by atoms with E-state index < -0.39 is 0 Å². The lowest BCUT2D eigenvalue weighted by molar-refractivity contribution is 1.44. The molecule has 0 radical (unpaired) electrons. The van der Waals surface area contributed by atoms with Crippen LogP contribution in [0.1, 0.15) is 0 Å². The van der Waals surface area contributed by atoms with Crippen molar-refractivity contribution in [1.82, 2.24) is 4.98 Å². The van der Waals surface area contributed by atoms with Crippen LogP contribution in [0.25, 0.3) is 4.85 Å². The average molecular weight is 92.1 g/mol. The summed E-state index contributed by atoms with van der Waals surface area (Å²) >= 11 is 0. The van der Waals surface area contributed by atoms with E-state index in [0.29, 0.717) is 5.82 Å². The summed E-state index contributed by atoms with van der Waals surface area (Å²) < 4.78 is 0. The Balaban J connectivity index is 3.04. The van der Waals surface area contributed by atoms with Crippen LogP contribution in [0.5, 0.6) is 0 Å². The second-order valence-corrected chi connectivity index (χ2v) is 1.17. The van der Waals surface area contributed by atoms with E-state index in [1.807, 2.05) is 0 Å². The van der Waals surface area contributed by atoms with Gasteiger partial charge in [0.25, 0.3) is 0 Å². The maximum absolute atomic E-state index is 6.45. The van der Waals surface area contributed by atoms with Crippen LogP contribution in [0.2, 0.25) is 0 Å². The number of hydrogen-bond acceptors (Lipinski definition) is 0. The smallest absolute Gasteiger partial charge is 0.228 e. The number of nitrogens with one attached hydrogen (secondary N) is 1. The minimum atomic E-state index is 0.597. The van der Waals surface area contributed by atoms with Gasteiger partial charge in [-0.15, -0.1) is 0 Å². The number of hydrogen-bond donors (Lipinski definition) is 1. The van der Waals surface area contributed by atoms with Crippen molar-refractivity contribution in [2.45, 2.75) is 0 Å². The van der Waals surface area contributed by atoms with Crippen molar-refractivity contribution in [3.8, 4) is 0 Å². The number of H-pyrrole nitrogens is 1. The van der Waals surface area contributed by atoms with Crippen molar-refractivity contribution in [2.24, 2.45) is 0 Å². The van der Waals surface area contributed by atoms with Gasteiger partial charge in [-0.1, -0.05) is 6.57 Å². The first kappa shape index (κ1) is 3.94. The second kappa shape index (κ2) is 1.48. The van der Waals surface area contributed by atoms with Gasteiger partial charge < -0.3 is 9.83 Å². The summed E-state index contributed by atoms with van der Waals surface area (Å²) in [7, 11) is 0. The Morgan fingerprint density at radius 3 is 2.86 bits per heavy atom. The van der Waals surface area contributed by atoms with Crippen LogP contribution in [-0.4, -0.2) is 4.98 Å². The highest BCUT2D eigenvalue weighted by Gasteiger charge is 1.79. The topological polar surface area (TPSA) is 20.1 Å². The molecule has 0 aliphatic rings. The Morgan fingerprint density at radius 1 is 1.71 bits per heavy atom. The summed E-state index contributed by atoms with van der Waals surface area (Å²) in [6.45, 7) is 6.45. The Bertz CT molecular complexity index is 168. The molecule has 0 spiro atoms. The molecule has 0 aromatic carbocycles. The van der Waals surface area contributed by atoms with Gasteiger partial charge in [-0.3, -0.25) is 0 Å². The van der Waals surface area contributed by atoms with Crippen molar-refractivity contribution in [2.75, 3.05) is 0 Å². The fourth-order valence-corrected chi connectivity index (χ4v) is 0.390. The van der Waals surface area contributed by atoms with Crippen molar-refractivity contribution < 1.29 is 0 Å². The van der Waals surface area contributed by atoms with Gasteiger partial charge >= 0.3 is 0 Å². The molecule has 0 aliphatic heterocycles. The quantitative estimate of drug-likeness (QED) is 0.469. The van der Waals surface area contributed by atoms with Crippen LogP contribution in [0.4, 0.5) is 5.82 Å². The summed E-state index contributed by atoms with van der Waals surface area (Å²) in [6, 6.07) is 3.53. The summed E-state index contributed by atoms with van der Waals surface area (Å²) in [4.78, 5) is 5.86. The first-order chi connectivity index (χ1) is 3.43. The molecule has 0 fully saturated rings. The molecule has 1 heterocycles. The largest absolute Gasteiger partial charge is 0.364 e. The minimum Gasteiger partial charge on any atom is -0.364 e. The number of nitrogens with zero attached hydrogens (tertiary/aromatic N) is 1. The standard InChI is InChI=1S/C5H4N2/c1-6-5-3-2-4-7-5/h2-4,7H. The van der Waals surface area contributed by atoms with Crippen molar-refractivity contribution >= 4 is 5.82 Å². The number of aromatic nitrogens is 1. The molecular formula is C5H4N2. The molecule has 2 heteroatoms. The highest BCUT2D eigenvalue weighted by Crippen LogP contribution is 2.03. The molecule has 0 unspecified atom stereocenters. The molecule has 0 atom stereocenters. The molecule has 1 N–H and O–H groups in total. The summed E-state index contributed by atoms with van der Waals surface area (Å²) in [5.74, 6) is 0.597. The Morgan fingerprint density at radius 2 is 2.57 bits per heavy atom.